The Morgan fingerprint density at radius 3 is 1.97 bits per heavy atom. The third kappa shape index (κ3) is 10.2. The Labute approximate surface area is 247 Å². The van der Waals surface area contributed by atoms with Gasteiger partial charge in [-0.15, -0.1) is 12.6 Å². The van der Waals surface area contributed by atoms with Gasteiger partial charge < -0.3 is 5.32 Å². The summed E-state index contributed by atoms with van der Waals surface area (Å²) in [6, 6.07) is 24.7. The Bertz CT molecular complexity index is 1300. The lowest BCUT2D eigenvalue weighted by molar-refractivity contribution is -0.658. The third-order valence-corrected chi connectivity index (χ3v) is 7.68. The number of nitrogens with one attached hydrogen (secondary N) is 1. The van der Waals surface area contributed by atoms with E-state index in [0.29, 0.717) is 0 Å². The van der Waals surface area contributed by atoms with Crippen molar-refractivity contribution in [2.45, 2.75) is 59.3 Å². The number of allylic oxidation sites excluding steroid dienone is 1. The van der Waals surface area contributed by atoms with Gasteiger partial charge in [0.25, 0.3) is 5.01 Å². The second kappa shape index (κ2) is 19.1. The first-order chi connectivity index (χ1) is 19.0. The average molecular weight is 560 g/mol. The van der Waals surface area contributed by atoms with Crippen molar-refractivity contribution < 1.29 is 4.57 Å². The Balaban J connectivity index is 0.000000296. The number of rotatable bonds is 3. The number of nitrogens with zero attached hydrogens (tertiary/aromatic N) is 1. The number of fused-ring (bicyclic) bond motifs is 1. The van der Waals surface area contributed by atoms with Gasteiger partial charge in [0.15, 0.2) is 0 Å². The summed E-state index contributed by atoms with van der Waals surface area (Å²) in [6.45, 7) is 16.0. The minimum atomic E-state index is 0.986. The van der Waals surface area contributed by atoms with Gasteiger partial charge in [-0.05, 0) is 61.6 Å². The molecule has 0 saturated carbocycles. The normalized spacial score (nSPS) is 10.5. The first kappa shape index (κ1) is 33.9. The number of thiazole rings is 1. The predicted octanol–water partition coefficient (Wildman–Crippen LogP) is 10.2. The number of para-hydroxylation sites is 1. The molecule has 0 aliphatic heterocycles. The van der Waals surface area contributed by atoms with Gasteiger partial charge in [0.1, 0.15) is 7.05 Å². The maximum atomic E-state index is 4.22. The van der Waals surface area contributed by atoms with Crippen LogP contribution in [0.1, 0.15) is 61.4 Å². The maximum Gasteiger partial charge on any atom is 0.269 e. The molecular formula is C35H47N2S2+. The summed E-state index contributed by atoms with van der Waals surface area (Å²) in [5.74, 6) is 0. The van der Waals surface area contributed by atoms with Crippen LogP contribution >= 0.6 is 24.0 Å². The number of hydrogen-bond acceptors (Lipinski definition) is 3. The van der Waals surface area contributed by atoms with E-state index in [-0.39, 0.29) is 0 Å². The van der Waals surface area contributed by atoms with Gasteiger partial charge in [0.05, 0.1) is 10.4 Å². The zero-order chi connectivity index (χ0) is 29.2. The average Bonchev–Trinajstić information content (AvgIpc) is 3.33. The molecule has 0 atom stereocenters. The molecule has 208 valence electrons. The van der Waals surface area contributed by atoms with Crippen LogP contribution in [0.3, 0.4) is 0 Å². The molecule has 1 aliphatic rings. The van der Waals surface area contributed by atoms with Crippen molar-refractivity contribution in [1.82, 2.24) is 0 Å². The molecule has 5 rings (SSSR count). The fraction of sp³-hybridized carbons (Fsp3) is 0.286. The molecule has 0 spiro atoms. The van der Waals surface area contributed by atoms with E-state index < -0.39 is 0 Å². The molecule has 0 amide bonds. The minimum absolute atomic E-state index is 0.986. The highest BCUT2D eigenvalue weighted by atomic mass is 32.1. The zero-order valence-corrected chi connectivity index (χ0v) is 26.8. The van der Waals surface area contributed by atoms with Crippen molar-refractivity contribution >= 4 is 41.8 Å². The molecule has 0 bridgehead atoms. The summed E-state index contributed by atoms with van der Waals surface area (Å²) < 4.78 is 2.33. The van der Waals surface area contributed by atoms with Gasteiger partial charge in [-0.25, -0.2) is 0 Å². The summed E-state index contributed by atoms with van der Waals surface area (Å²) in [7, 11) is 4.06. The number of benzene rings is 3. The molecule has 1 heterocycles. The van der Waals surface area contributed by atoms with Gasteiger partial charge in [0.2, 0.25) is 5.69 Å². The van der Waals surface area contributed by atoms with Crippen LogP contribution in [0.25, 0.3) is 22.7 Å². The molecule has 3 aromatic carbocycles. The molecule has 4 heteroatoms. The van der Waals surface area contributed by atoms with Crippen LogP contribution in [0.5, 0.6) is 0 Å². The summed E-state index contributed by atoms with van der Waals surface area (Å²) in [5, 5.41) is 4.39. The first-order valence-electron chi connectivity index (χ1n) is 13.8. The van der Waals surface area contributed by atoms with Crippen molar-refractivity contribution in [1.29, 1.82) is 0 Å². The lowest BCUT2D eigenvalue weighted by atomic mass is 10.1. The van der Waals surface area contributed by atoms with Gasteiger partial charge in [-0.3, -0.25) is 0 Å². The summed E-state index contributed by atoms with van der Waals surface area (Å²) >= 11 is 6.16. The highest BCUT2D eigenvalue weighted by Gasteiger charge is 2.24. The lowest BCUT2D eigenvalue weighted by Crippen LogP contribution is -2.32. The SMILES string of the molecule is C=Cc1ccccc1C.CC.CC.CNc1ccccc1S.Cc1ccccc1-c1sc2c([n+]1C)C=CCC2. The van der Waals surface area contributed by atoms with Crippen LogP contribution in [0, 0.1) is 13.8 Å². The topological polar surface area (TPSA) is 15.9 Å². The molecule has 0 radical (unpaired) electrons. The minimum Gasteiger partial charge on any atom is -0.387 e. The van der Waals surface area contributed by atoms with E-state index >= 15 is 0 Å². The number of aryl methyl sites for hydroxylation is 3. The van der Waals surface area contributed by atoms with E-state index in [1.54, 1.807) is 0 Å². The Kier molecular flexibility index (Phi) is 16.6. The maximum absolute atomic E-state index is 4.22. The first-order valence-corrected chi connectivity index (χ1v) is 15.1. The van der Waals surface area contributed by atoms with Crippen LogP contribution in [-0.2, 0) is 13.5 Å². The lowest BCUT2D eigenvalue weighted by Gasteiger charge is -2.00. The van der Waals surface area contributed by atoms with Gasteiger partial charge in [-0.1, -0.05) is 112 Å². The molecule has 1 aromatic heterocycles. The van der Waals surface area contributed by atoms with Crippen LogP contribution in [0.4, 0.5) is 5.69 Å². The van der Waals surface area contributed by atoms with Crippen LogP contribution in [0.2, 0.25) is 0 Å². The van der Waals surface area contributed by atoms with Crippen molar-refractivity contribution in [2.24, 2.45) is 7.05 Å². The van der Waals surface area contributed by atoms with E-state index in [1.165, 1.54) is 50.7 Å². The highest BCUT2D eigenvalue weighted by Crippen LogP contribution is 2.31. The molecular weight excluding hydrogens is 513 g/mol. The van der Waals surface area contributed by atoms with Crippen molar-refractivity contribution in [2.75, 3.05) is 12.4 Å². The fourth-order valence-electron chi connectivity index (χ4n) is 3.88. The molecule has 2 nitrogen and oxygen atoms in total. The molecule has 0 fully saturated rings. The van der Waals surface area contributed by atoms with Crippen molar-refractivity contribution in [3.63, 3.8) is 0 Å². The number of anilines is 1. The second-order valence-corrected chi connectivity index (χ2v) is 9.92. The van der Waals surface area contributed by atoms with E-state index in [1.807, 2.05) is 88.6 Å². The molecule has 1 aliphatic carbocycles. The Morgan fingerprint density at radius 1 is 0.872 bits per heavy atom. The summed E-state index contributed by atoms with van der Waals surface area (Å²) in [4.78, 5) is 2.51. The summed E-state index contributed by atoms with van der Waals surface area (Å²) in [6.07, 6.45) is 8.78. The number of aromatic nitrogens is 1. The predicted molar refractivity (Wildman–Crippen MR) is 180 cm³/mol. The molecule has 0 saturated heterocycles. The van der Waals surface area contributed by atoms with Crippen molar-refractivity contribution in [3.05, 3.63) is 113 Å². The highest BCUT2D eigenvalue weighted by molar-refractivity contribution is 7.80. The molecule has 1 N–H and O–H groups in total. The Hall–Kier alpha value is -3.08. The quantitative estimate of drug-likeness (QED) is 0.188. The number of thiol groups is 1. The standard InChI is InChI=1S/C15H16NS.C9H10.C7H9NS.2C2H6/c1-11-7-3-4-8-12(11)15-16(2)13-9-5-6-10-14(13)17-15;1-3-9-7-5-4-6-8(9)2;1-8-6-4-2-3-5-7(6)9;2*1-2/h3-5,7-9H,6,10H2,1-2H3;3-7H,1H2,2H3;2-5,8-9H,1H3;2*1-2H3/q+1;;;;. The van der Waals surface area contributed by atoms with Crippen LogP contribution in [-0.4, -0.2) is 7.05 Å². The van der Waals surface area contributed by atoms with E-state index in [4.69, 9.17) is 0 Å². The second-order valence-electron chi connectivity index (χ2n) is 8.36. The van der Waals surface area contributed by atoms with E-state index in [9.17, 15) is 0 Å². The smallest absolute Gasteiger partial charge is 0.269 e. The van der Waals surface area contributed by atoms with Gasteiger partial charge >= 0.3 is 0 Å². The van der Waals surface area contributed by atoms with E-state index in [0.717, 1.165) is 10.6 Å². The zero-order valence-electron chi connectivity index (χ0n) is 25.1. The van der Waals surface area contributed by atoms with E-state index in [2.05, 4.69) is 98.5 Å². The van der Waals surface area contributed by atoms with Gasteiger partial charge in [-0.2, -0.15) is 4.57 Å². The monoisotopic (exact) mass is 559 g/mol. The largest absolute Gasteiger partial charge is 0.387 e. The fourth-order valence-corrected chi connectivity index (χ4v) is 5.49. The van der Waals surface area contributed by atoms with Crippen LogP contribution < -0.4 is 9.88 Å². The molecule has 39 heavy (non-hydrogen) atoms. The summed E-state index contributed by atoms with van der Waals surface area (Å²) in [5.41, 5.74) is 7.68. The van der Waals surface area contributed by atoms with Crippen molar-refractivity contribution in [3.8, 4) is 10.6 Å². The van der Waals surface area contributed by atoms with Crippen LogP contribution in [0.15, 0.2) is 90.3 Å². The number of hydrogen-bond donors (Lipinski definition) is 2. The third-order valence-electron chi connectivity index (χ3n) is 5.94. The molecule has 0 unspecified atom stereocenters. The Morgan fingerprint density at radius 2 is 1.46 bits per heavy atom. The molecule has 4 aromatic rings. The van der Waals surface area contributed by atoms with Gasteiger partial charge in [0, 0.05) is 23.7 Å².